The van der Waals surface area contributed by atoms with Gasteiger partial charge in [-0.15, -0.1) is 0 Å². The summed E-state index contributed by atoms with van der Waals surface area (Å²) in [5, 5.41) is 0. The van der Waals surface area contributed by atoms with Crippen molar-refractivity contribution in [1.29, 1.82) is 0 Å². The number of likely N-dealkylation sites (N-methyl/N-ethyl adjacent to an activating group) is 1. The van der Waals surface area contributed by atoms with E-state index in [1.807, 2.05) is 16.8 Å². The lowest BCUT2D eigenvalue weighted by Crippen LogP contribution is -2.48. The second-order valence-corrected chi connectivity index (χ2v) is 6.08. The van der Waals surface area contributed by atoms with Crippen LogP contribution in [0.5, 0.6) is 0 Å². The number of aromatic nitrogens is 2. The fraction of sp³-hybridized carbons (Fsp3) is 0.353. The molecule has 3 rings (SSSR count). The van der Waals surface area contributed by atoms with E-state index in [9.17, 15) is 13.6 Å². The van der Waals surface area contributed by atoms with Crippen LogP contribution in [0.25, 0.3) is 0 Å². The fourth-order valence-electron chi connectivity index (χ4n) is 2.67. The highest BCUT2D eigenvalue weighted by Crippen LogP contribution is 2.20. The second kappa shape index (κ2) is 7.00. The van der Waals surface area contributed by atoms with E-state index in [4.69, 9.17) is 0 Å². The molecule has 1 aliphatic rings. The zero-order valence-corrected chi connectivity index (χ0v) is 14.1. The Morgan fingerprint density at radius 1 is 1.16 bits per heavy atom. The number of anilines is 2. The van der Waals surface area contributed by atoms with Gasteiger partial charge in [-0.2, -0.15) is 0 Å². The molecule has 0 radical (unpaired) electrons. The first-order valence-corrected chi connectivity index (χ1v) is 7.90. The lowest BCUT2D eigenvalue weighted by Gasteiger charge is -2.33. The second-order valence-electron chi connectivity index (χ2n) is 6.08. The van der Waals surface area contributed by atoms with Crippen LogP contribution in [0.3, 0.4) is 0 Å². The molecule has 0 N–H and O–H groups in total. The molecule has 1 aromatic carbocycles. The number of nitrogens with zero attached hydrogens (tertiary/aromatic N) is 5. The summed E-state index contributed by atoms with van der Waals surface area (Å²) in [5.74, 6) is -0.382. The molecule has 6 nitrogen and oxygen atoms in total. The summed E-state index contributed by atoms with van der Waals surface area (Å²) in [6.45, 7) is 1.99. The van der Waals surface area contributed by atoms with Gasteiger partial charge in [0.25, 0.3) is 0 Å². The SMILES string of the molecule is CN1CCN(c2cc(N(C)Cc3ccc(F)c(F)c3)ncn2)CC1=O. The largest absolute Gasteiger partial charge is 0.355 e. The number of hydrogen-bond acceptors (Lipinski definition) is 5. The molecule has 1 fully saturated rings. The van der Waals surface area contributed by atoms with Gasteiger partial charge in [-0.25, -0.2) is 18.7 Å². The Balaban J connectivity index is 1.74. The van der Waals surface area contributed by atoms with Crippen molar-refractivity contribution in [3.63, 3.8) is 0 Å². The van der Waals surface area contributed by atoms with Crippen molar-refractivity contribution in [2.75, 3.05) is 43.5 Å². The average Bonchev–Trinajstić information content (AvgIpc) is 2.60. The Kier molecular flexibility index (Phi) is 4.78. The Labute approximate surface area is 144 Å². The molecule has 1 saturated heterocycles. The Morgan fingerprint density at radius 3 is 2.68 bits per heavy atom. The van der Waals surface area contributed by atoms with E-state index in [0.717, 1.165) is 6.07 Å². The fourth-order valence-corrected chi connectivity index (χ4v) is 2.67. The predicted octanol–water partition coefficient (Wildman–Crippen LogP) is 1.67. The third kappa shape index (κ3) is 3.84. The van der Waals surface area contributed by atoms with Gasteiger partial charge in [-0.3, -0.25) is 4.79 Å². The first kappa shape index (κ1) is 17.1. The lowest BCUT2D eigenvalue weighted by atomic mass is 10.2. The van der Waals surface area contributed by atoms with Crippen LogP contribution in [0.15, 0.2) is 30.6 Å². The molecule has 132 valence electrons. The van der Waals surface area contributed by atoms with E-state index in [0.29, 0.717) is 36.8 Å². The summed E-state index contributed by atoms with van der Waals surface area (Å²) < 4.78 is 26.4. The number of rotatable bonds is 4. The standard InChI is InChI=1S/C17H19F2N5O/c1-22-5-6-24(10-17(22)25)16-8-15(20-11-21-16)23(2)9-12-3-4-13(18)14(19)7-12/h3-4,7-8,11H,5-6,9-10H2,1-2H3. The topological polar surface area (TPSA) is 52.6 Å². The lowest BCUT2D eigenvalue weighted by molar-refractivity contribution is -0.129. The van der Waals surface area contributed by atoms with E-state index < -0.39 is 11.6 Å². The van der Waals surface area contributed by atoms with Gasteiger partial charge >= 0.3 is 0 Å². The van der Waals surface area contributed by atoms with Crippen molar-refractivity contribution in [1.82, 2.24) is 14.9 Å². The van der Waals surface area contributed by atoms with E-state index in [1.165, 1.54) is 18.5 Å². The van der Waals surface area contributed by atoms with E-state index in [1.54, 1.807) is 18.0 Å². The molecule has 1 aliphatic heterocycles. The van der Waals surface area contributed by atoms with Crippen LogP contribution in [-0.4, -0.2) is 54.5 Å². The molecular weight excluding hydrogens is 328 g/mol. The summed E-state index contributed by atoms with van der Waals surface area (Å²) in [6.07, 6.45) is 1.44. The minimum Gasteiger partial charge on any atom is -0.355 e. The van der Waals surface area contributed by atoms with Gasteiger partial charge in [0.15, 0.2) is 11.6 Å². The molecule has 1 amide bonds. The molecule has 0 unspecified atom stereocenters. The van der Waals surface area contributed by atoms with Crippen molar-refractivity contribution in [3.05, 3.63) is 47.8 Å². The van der Waals surface area contributed by atoms with Crippen molar-refractivity contribution < 1.29 is 13.6 Å². The maximum atomic E-state index is 13.3. The number of piperazine rings is 1. The van der Waals surface area contributed by atoms with Crippen molar-refractivity contribution in [3.8, 4) is 0 Å². The Morgan fingerprint density at radius 2 is 1.96 bits per heavy atom. The van der Waals surface area contributed by atoms with Crippen LogP contribution in [0.4, 0.5) is 20.4 Å². The molecule has 0 spiro atoms. The highest BCUT2D eigenvalue weighted by molar-refractivity contribution is 5.82. The number of halogens is 2. The van der Waals surface area contributed by atoms with Crippen LogP contribution < -0.4 is 9.80 Å². The molecule has 0 bridgehead atoms. The maximum absolute atomic E-state index is 13.3. The van der Waals surface area contributed by atoms with Crippen LogP contribution in [-0.2, 0) is 11.3 Å². The van der Waals surface area contributed by atoms with Gasteiger partial charge in [-0.1, -0.05) is 6.07 Å². The minimum absolute atomic E-state index is 0.0431. The van der Waals surface area contributed by atoms with Crippen molar-refractivity contribution in [2.24, 2.45) is 0 Å². The molecule has 2 aromatic rings. The van der Waals surface area contributed by atoms with Crippen LogP contribution in [0.1, 0.15) is 5.56 Å². The first-order valence-electron chi connectivity index (χ1n) is 7.90. The number of carbonyl (C=O) groups is 1. The summed E-state index contributed by atoms with van der Waals surface area (Å²) in [5.41, 5.74) is 0.635. The molecule has 0 aliphatic carbocycles. The Bertz CT molecular complexity index is 785. The van der Waals surface area contributed by atoms with E-state index in [-0.39, 0.29) is 12.5 Å². The number of amides is 1. The highest BCUT2D eigenvalue weighted by atomic mass is 19.2. The Hall–Kier alpha value is -2.77. The van der Waals surface area contributed by atoms with Gasteiger partial charge in [-0.05, 0) is 17.7 Å². The van der Waals surface area contributed by atoms with Gasteiger partial charge < -0.3 is 14.7 Å². The number of carbonyl (C=O) groups excluding carboxylic acids is 1. The zero-order valence-electron chi connectivity index (χ0n) is 14.1. The van der Waals surface area contributed by atoms with E-state index in [2.05, 4.69) is 9.97 Å². The minimum atomic E-state index is -0.870. The third-order valence-electron chi connectivity index (χ3n) is 4.21. The van der Waals surface area contributed by atoms with Gasteiger partial charge in [0, 0.05) is 39.8 Å². The van der Waals surface area contributed by atoms with Crippen LogP contribution >= 0.6 is 0 Å². The van der Waals surface area contributed by atoms with Crippen LogP contribution in [0.2, 0.25) is 0 Å². The summed E-state index contributed by atoms with van der Waals surface area (Å²) in [4.78, 5) is 25.7. The normalized spacial score (nSPS) is 14.8. The van der Waals surface area contributed by atoms with Crippen molar-refractivity contribution >= 4 is 17.5 Å². The monoisotopic (exact) mass is 347 g/mol. The predicted molar refractivity (Wildman–Crippen MR) is 90.3 cm³/mol. The van der Waals surface area contributed by atoms with Crippen molar-refractivity contribution in [2.45, 2.75) is 6.54 Å². The highest BCUT2D eigenvalue weighted by Gasteiger charge is 2.22. The molecule has 0 atom stereocenters. The molecule has 1 aromatic heterocycles. The zero-order chi connectivity index (χ0) is 18.0. The molecule has 8 heteroatoms. The molecular formula is C17H19F2N5O. The smallest absolute Gasteiger partial charge is 0.241 e. The summed E-state index contributed by atoms with van der Waals surface area (Å²) in [7, 11) is 3.59. The molecule has 0 saturated carbocycles. The van der Waals surface area contributed by atoms with Gasteiger partial charge in [0.1, 0.15) is 18.0 Å². The molecule has 2 heterocycles. The third-order valence-corrected chi connectivity index (χ3v) is 4.21. The summed E-state index contributed by atoms with van der Waals surface area (Å²) >= 11 is 0. The van der Waals surface area contributed by atoms with E-state index >= 15 is 0 Å². The summed E-state index contributed by atoms with van der Waals surface area (Å²) in [6, 6.07) is 5.61. The molecule has 25 heavy (non-hydrogen) atoms. The van der Waals surface area contributed by atoms with Gasteiger partial charge in [0.05, 0.1) is 6.54 Å². The van der Waals surface area contributed by atoms with Gasteiger partial charge in [0.2, 0.25) is 5.91 Å². The maximum Gasteiger partial charge on any atom is 0.241 e. The van der Waals surface area contributed by atoms with Crippen LogP contribution in [0, 0.1) is 11.6 Å². The first-order chi connectivity index (χ1) is 11.9. The number of hydrogen-bond donors (Lipinski definition) is 0. The number of benzene rings is 1. The quantitative estimate of drug-likeness (QED) is 0.842. The average molecular weight is 347 g/mol.